The van der Waals surface area contributed by atoms with Gasteiger partial charge in [-0.3, -0.25) is 14.4 Å². The van der Waals surface area contributed by atoms with Crippen LogP contribution in [0.5, 0.6) is 0 Å². The Bertz CT molecular complexity index is 1740. The number of carbonyl (C=O) groups is 4. The summed E-state index contributed by atoms with van der Waals surface area (Å²) < 4.78 is -0.864. The van der Waals surface area contributed by atoms with Crippen molar-refractivity contribution in [1.82, 2.24) is 0 Å². The molecule has 2 N–H and O–H groups in total. The van der Waals surface area contributed by atoms with Crippen LogP contribution in [0.3, 0.4) is 0 Å². The predicted octanol–water partition coefficient (Wildman–Crippen LogP) is 5.54. The number of aromatic carboxylic acids is 1. The van der Waals surface area contributed by atoms with Crippen LogP contribution in [0.1, 0.15) is 48.9 Å². The van der Waals surface area contributed by atoms with E-state index in [9.17, 15) is 24.3 Å². The van der Waals surface area contributed by atoms with Crippen molar-refractivity contribution in [2.75, 3.05) is 10.2 Å². The van der Waals surface area contributed by atoms with E-state index in [1.807, 2.05) is 48.5 Å². The number of hydrogen-bond donors (Lipinski definition) is 2. The zero-order valence-electron chi connectivity index (χ0n) is 20.9. The van der Waals surface area contributed by atoms with Gasteiger partial charge in [0, 0.05) is 11.5 Å². The fourth-order valence-electron chi connectivity index (χ4n) is 6.69. The third kappa shape index (κ3) is 3.23. The lowest BCUT2D eigenvalue weighted by atomic mass is 9.55. The van der Waals surface area contributed by atoms with Gasteiger partial charge in [0.2, 0.25) is 11.8 Å². The number of carboxylic acid groups (broad SMARTS) is 1. The van der Waals surface area contributed by atoms with Crippen LogP contribution in [0.15, 0.2) is 97.1 Å². The average Bonchev–Trinajstić information content (AvgIpc) is 3.24. The number of carbonyl (C=O) groups excluding carboxylic acids is 3. The Morgan fingerprint density at radius 2 is 1.43 bits per heavy atom. The standard InChI is InChI=1S/C32H21BrN2O5/c33-32-22-13-4-1-10-19(22)25(20-11-2-5-14-23(20)32)26-27(32)30(38)35(29(26)37)18-9-7-8-17(16-18)28(36)34-24-15-6-3-12-21(24)31(39)40/h1-16,25-27H,(H,34,36)(H,39,40)/t25?,26-,27-,32?/m0/s1. The molecule has 40 heavy (non-hydrogen) atoms. The molecule has 7 nitrogen and oxygen atoms in total. The largest absolute Gasteiger partial charge is 0.478 e. The van der Waals surface area contributed by atoms with E-state index in [0.717, 1.165) is 22.3 Å². The van der Waals surface area contributed by atoms with Crippen LogP contribution in [-0.2, 0) is 13.9 Å². The van der Waals surface area contributed by atoms with Crippen molar-refractivity contribution in [3.05, 3.63) is 130 Å². The van der Waals surface area contributed by atoms with Crippen LogP contribution in [0, 0.1) is 11.8 Å². The first-order valence-electron chi connectivity index (χ1n) is 12.8. The first-order valence-corrected chi connectivity index (χ1v) is 13.6. The van der Waals surface area contributed by atoms with Crippen molar-refractivity contribution >= 4 is 51.0 Å². The van der Waals surface area contributed by atoms with Crippen molar-refractivity contribution in [1.29, 1.82) is 0 Å². The molecule has 3 amide bonds. The summed E-state index contributed by atoms with van der Waals surface area (Å²) in [6, 6.07) is 28.3. The summed E-state index contributed by atoms with van der Waals surface area (Å²) in [5.74, 6) is -3.87. The van der Waals surface area contributed by atoms with E-state index >= 15 is 0 Å². The van der Waals surface area contributed by atoms with E-state index in [0.29, 0.717) is 5.69 Å². The number of amides is 3. The lowest BCUT2D eigenvalue weighted by Crippen LogP contribution is -2.50. The molecule has 3 aliphatic carbocycles. The van der Waals surface area contributed by atoms with Crippen molar-refractivity contribution < 1.29 is 24.3 Å². The highest BCUT2D eigenvalue weighted by atomic mass is 79.9. The van der Waals surface area contributed by atoms with Gasteiger partial charge in [-0.05, 0) is 52.6 Å². The molecular weight excluding hydrogens is 572 g/mol. The Labute approximate surface area is 237 Å². The molecule has 1 aliphatic heterocycles. The van der Waals surface area contributed by atoms with Gasteiger partial charge < -0.3 is 10.4 Å². The number of alkyl halides is 1. The number of para-hydroxylation sites is 1. The van der Waals surface area contributed by atoms with E-state index in [2.05, 4.69) is 21.2 Å². The lowest BCUT2D eigenvalue weighted by molar-refractivity contribution is -0.122. The minimum Gasteiger partial charge on any atom is -0.478 e. The minimum atomic E-state index is -1.17. The van der Waals surface area contributed by atoms with Gasteiger partial charge in [-0.1, -0.05) is 82.7 Å². The first kappa shape index (κ1) is 24.5. The molecule has 0 radical (unpaired) electrons. The number of nitrogens with zero attached hydrogens (tertiary/aromatic N) is 1. The SMILES string of the molecule is O=C(Nc1ccccc1C(=O)O)c1cccc(N2C(=O)[C@@H]3[C@@H](C2=O)C2c4ccccc4C3(Br)c3ccccc32)c1. The zero-order chi connectivity index (χ0) is 27.8. The fourth-order valence-corrected chi connectivity index (χ4v) is 7.90. The summed E-state index contributed by atoms with van der Waals surface area (Å²) in [6.45, 7) is 0. The van der Waals surface area contributed by atoms with Crippen molar-refractivity contribution in [3.8, 4) is 0 Å². The molecule has 1 saturated heterocycles. The highest BCUT2D eigenvalue weighted by molar-refractivity contribution is 9.09. The number of halogens is 1. The molecule has 0 aromatic heterocycles. The van der Waals surface area contributed by atoms with Crippen LogP contribution in [-0.4, -0.2) is 28.8 Å². The summed E-state index contributed by atoms with van der Waals surface area (Å²) in [6.07, 6.45) is 0. The van der Waals surface area contributed by atoms with Gasteiger partial charge in [-0.2, -0.15) is 0 Å². The number of nitrogens with one attached hydrogen (secondary N) is 1. The second kappa shape index (κ2) is 8.72. The molecule has 2 bridgehead atoms. The van der Waals surface area contributed by atoms with E-state index in [1.165, 1.54) is 23.1 Å². The van der Waals surface area contributed by atoms with E-state index in [1.54, 1.807) is 30.3 Å². The molecule has 4 aromatic carbocycles. The van der Waals surface area contributed by atoms with Gasteiger partial charge in [-0.25, -0.2) is 9.69 Å². The van der Waals surface area contributed by atoms with Crippen LogP contribution in [0.4, 0.5) is 11.4 Å². The maximum Gasteiger partial charge on any atom is 0.337 e. The molecule has 1 heterocycles. The van der Waals surface area contributed by atoms with Crippen molar-refractivity contribution in [2.24, 2.45) is 11.8 Å². The quantitative estimate of drug-likeness (QED) is 0.239. The average molecular weight is 593 g/mol. The maximum absolute atomic E-state index is 14.2. The Kier molecular flexibility index (Phi) is 5.34. The highest BCUT2D eigenvalue weighted by Gasteiger charge is 2.67. The second-order valence-electron chi connectivity index (χ2n) is 10.2. The number of carboxylic acids is 1. The Balaban J connectivity index is 1.28. The maximum atomic E-state index is 14.2. The zero-order valence-corrected chi connectivity index (χ0v) is 22.5. The third-order valence-corrected chi connectivity index (χ3v) is 9.63. The van der Waals surface area contributed by atoms with Gasteiger partial charge >= 0.3 is 5.97 Å². The number of anilines is 2. The molecule has 2 atom stereocenters. The molecule has 0 unspecified atom stereocenters. The number of rotatable bonds is 4. The molecule has 8 rings (SSSR count). The molecule has 8 heteroatoms. The van der Waals surface area contributed by atoms with Gasteiger partial charge in [0.25, 0.3) is 5.91 Å². The first-order chi connectivity index (χ1) is 19.3. The van der Waals surface area contributed by atoms with Crippen LogP contribution >= 0.6 is 15.9 Å². The Hall–Kier alpha value is -4.56. The highest BCUT2D eigenvalue weighted by Crippen LogP contribution is 2.66. The predicted molar refractivity (Wildman–Crippen MR) is 152 cm³/mol. The van der Waals surface area contributed by atoms with Gasteiger partial charge in [0.15, 0.2) is 0 Å². The van der Waals surface area contributed by atoms with Gasteiger partial charge in [-0.15, -0.1) is 0 Å². The minimum absolute atomic E-state index is 0.0433. The number of benzene rings is 4. The van der Waals surface area contributed by atoms with Crippen LogP contribution in [0.25, 0.3) is 0 Å². The van der Waals surface area contributed by atoms with Crippen molar-refractivity contribution in [3.63, 3.8) is 0 Å². The topological polar surface area (TPSA) is 104 Å². The molecule has 4 aromatic rings. The molecule has 4 aliphatic rings. The lowest BCUT2D eigenvalue weighted by Gasteiger charge is -2.51. The van der Waals surface area contributed by atoms with E-state index in [4.69, 9.17) is 0 Å². The molecule has 196 valence electrons. The van der Waals surface area contributed by atoms with E-state index < -0.39 is 28.0 Å². The van der Waals surface area contributed by atoms with E-state index in [-0.39, 0.29) is 34.5 Å². The molecule has 0 spiro atoms. The van der Waals surface area contributed by atoms with Crippen molar-refractivity contribution in [2.45, 2.75) is 10.2 Å². The third-order valence-electron chi connectivity index (χ3n) is 8.29. The summed E-state index contributed by atoms with van der Waals surface area (Å²) in [7, 11) is 0. The Morgan fingerprint density at radius 3 is 2.10 bits per heavy atom. The molecule has 0 saturated carbocycles. The van der Waals surface area contributed by atoms with Gasteiger partial charge in [0.1, 0.15) is 0 Å². The Morgan fingerprint density at radius 1 is 0.800 bits per heavy atom. The monoisotopic (exact) mass is 592 g/mol. The summed E-state index contributed by atoms with van der Waals surface area (Å²) in [4.78, 5) is 54.2. The smallest absolute Gasteiger partial charge is 0.337 e. The summed E-state index contributed by atoms with van der Waals surface area (Å²) >= 11 is 3.99. The molecular formula is C32H21BrN2O5. The number of imide groups is 1. The molecule has 1 fully saturated rings. The normalized spacial score (nSPS) is 23.8. The second-order valence-corrected chi connectivity index (χ2v) is 11.5. The van der Waals surface area contributed by atoms with Crippen LogP contribution < -0.4 is 10.2 Å². The fraction of sp³-hybridized carbons (Fsp3) is 0.125. The summed E-state index contributed by atoms with van der Waals surface area (Å²) in [5, 5.41) is 12.1. The summed E-state index contributed by atoms with van der Waals surface area (Å²) in [5.41, 5.74) is 4.65. The van der Waals surface area contributed by atoms with Gasteiger partial charge in [0.05, 0.1) is 33.1 Å². The van der Waals surface area contributed by atoms with Crippen LogP contribution in [0.2, 0.25) is 0 Å². The number of hydrogen-bond acceptors (Lipinski definition) is 4.